The third kappa shape index (κ3) is 3.84. The van der Waals surface area contributed by atoms with Gasteiger partial charge in [0.2, 0.25) is 5.91 Å². The minimum atomic E-state index is -0.807. The molecular formula is C16H20BrNO3. The van der Waals surface area contributed by atoms with E-state index in [4.69, 9.17) is 5.11 Å². The average Bonchev–Trinajstić information content (AvgIpc) is 2.81. The number of halogens is 1. The Morgan fingerprint density at radius 1 is 1.33 bits per heavy atom. The number of likely N-dealkylation sites (tertiary alicyclic amines) is 1. The molecule has 1 unspecified atom stereocenters. The summed E-state index contributed by atoms with van der Waals surface area (Å²) in [6.07, 6.45) is 0.417. The van der Waals surface area contributed by atoms with Crippen LogP contribution in [0.1, 0.15) is 31.7 Å². The highest BCUT2D eigenvalue weighted by Gasteiger charge is 2.37. The molecule has 1 aliphatic heterocycles. The second-order valence-corrected chi connectivity index (χ2v) is 6.79. The van der Waals surface area contributed by atoms with Gasteiger partial charge in [-0.1, -0.05) is 41.9 Å². The van der Waals surface area contributed by atoms with E-state index in [1.807, 2.05) is 38.1 Å². The first-order valence-corrected chi connectivity index (χ1v) is 7.93. The molecule has 1 aromatic carbocycles. The van der Waals surface area contributed by atoms with E-state index in [9.17, 15) is 9.59 Å². The van der Waals surface area contributed by atoms with Gasteiger partial charge in [0.25, 0.3) is 0 Å². The van der Waals surface area contributed by atoms with Crippen molar-refractivity contribution in [3.8, 4) is 0 Å². The van der Waals surface area contributed by atoms with Crippen LogP contribution in [0.15, 0.2) is 28.7 Å². The molecule has 0 bridgehead atoms. The van der Waals surface area contributed by atoms with E-state index in [-0.39, 0.29) is 17.7 Å². The van der Waals surface area contributed by atoms with Gasteiger partial charge >= 0.3 is 5.97 Å². The molecule has 0 radical (unpaired) electrons. The molecule has 0 spiro atoms. The van der Waals surface area contributed by atoms with Crippen LogP contribution < -0.4 is 0 Å². The van der Waals surface area contributed by atoms with E-state index >= 15 is 0 Å². The van der Waals surface area contributed by atoms with Crippen LogP contribution in [0, 0.1) is 11.8 Å². The summed E-state index contributed by atoms with van der Waals surface area (Å²) >= 11 is 3.40. The van der Waals surface area contributed by atoms with Crippen molar-refractivity contribution in [2.24, 2.45) is 11.8 Å². The lowest BCUT2D eigenvalue weighted by Crippen LogP contribution is -2.30. The summed E-state index contributed by atoms with van der Waals surface area (Å²) < 4.78 is 1.02. The number of rotatable bonds is 4. The van der Waals surface area contributed by atoms with Crippen LogP contribution >= 0.6 is 15.9 Å². The number of amides is 1. The van der Waals surface area contributed by atoms with Crippen LogP contribution in [0.2, 0.25) is 0 Å². The SMILES string of the molecule is CC(CC(=O)N1C[C@@H](C)[C@H](C(=O)O)C1)c1ccc(Br)cc1. The third-order valence-corrected chi connectivity index (χ3v) is 4.73. The Bertz CT molecular complexity index is 529. The summed E-state index contributed by atoms with van der Waals surface area (Å²) in [5.41, 5.74) is 1.12. The molecule has 1 aromatic rings. The quantitative estimate of drug-likeness (QED) is 0.904. The van der Waals surface area contributed by atoms with Gasteiger partial charge in [0.05, 0.1) is 5.92 Å². The van der Waals surface area contributed by atoms with E-state index in [0.717, 1.165) is 10.0 Å². The van der Waals surface area contributed by atoms with E-state index in [2.05, 4.69) is 15.9 Å². The third-order valence-electron chi connectivity index (χ3n) is 4.20. The highest BCUT2D eigenvalue weighted by atomic mass is 79.9. The number of nitrogens with zero attached hydrogens (tertiary/aromatic N) is 1. The van der Waals surface area contributed by atoms with Crippen molar-refractivity contribution in [2.45, 2.75) is 26.2 Å². The molecule has 1 N–H and O–H groups in total. The summed E-state index contributed by atoms with van der Waals surface area (Å²) in [5, 5.41) is 9.13. The molecule has 21 heavy (non-hydrogen) atoms. The van der Waals surface area contributed by atoms with Gasteiger partial charge in [-0.05, 0) is 29.5 Å². The summed E-state index contributed by atoms with van der Waals surface area (Å²) in [4.78, 5) is 25.1. The van der Waals surface area contributed by atoms with E-state index < -0.39 is 11.9 Å². The van der Waals surface area contributed by atoms with E-state index in [1.54, 1.807) is 4.90 Å². The highest BCUT2D eigenvalue weighted by Crippen LogP contribution is 2.27. The lowest BCUT2D eigenvalue weighted by molar-refractivity contribution is -0.142. The minimum Gasteiger partial charge on any atom is -0.481 e. The molecule has 0 aromatic heterocycles. The molecule has 5 heteroatoms. The first kappa shape index (κ1) is 16.0. The maximum Gasteiger partial charge on any atom is 0.308 e. The zero-order chi connectivity index (χ0) is 15.6. The number of benzene rings is 1. The standard InChI is InChI=1S/C16H20BrNO3/c1-10(12-3-5-13(17)6-4-12)7-15(19)18-8-11(2)14(9-18)16(20)21/h3-6,10-11,14H,7-9H2,1-2H3,(H,20,21)/t10?,11-,14-/m1/s1. The number of hydrogen-bond acceptors (Lipinski definition) is 2. The van der Waals surface area contributed by atoms with Gasteiger partial charge in [0.1, 0.15) is 0 Å². The first-order chi connectivity index (χ1) is 9.88. The number of carbonyl (C=O) groups excluding carboxylic acids is 1. The normalized spacial score (nSPS) is 23.1. The van der Waals surface area contributed by atoms with E-state index in [1.165, 1.54) is 0 Å². The van der Waals surface area contributed by atoms with E-state index in [0.29, 0.717) is 19.5 Å². The molecule has 0 aliphatic carbocycles. The maximum atomic E-state index is 12.3. The van der Waals surface area contributed by atoms with Crippen molar-refractivity contribution in [1.29, 1.82) is 0 Å². The fourth-order valence-electron chi connectivity index (χ4n) is 2.79. The van der Waals surface area contributed by atoms with Crippen molar-refractivity contribution in [3.63, 3.8) is 0 Å². The molecule has 1 amide bonds. The molecular weight excluding hydrogens is 334 g/mol. The van der Waals surface area contributed by atoms with Gasteiger partial charge in [-0.2, -0.15) is 0 Å². The predicted octanol–water partition coefficient (Wildman–Crippen LogP) is 3.12. The lowest BCUT2D eigenvalue weighted by atomic mass is 9.97. The first-order valence-electron chi connectivity index (χ1n) is 7.14. The van der Waals surface area contributed by atoms with Crippen LogP contribution in [0.25, 0.3) is 0 Å². The van der Waals surface area contributed by atoms with Crippen molar-refractivity contribution in [1.82, 2.24) is 4.90 Å². The fourth-order valence-corrected chi connectivity index (χ4v) is 3.06. The molecule has 1 fully saturated rings. The number of aliphatic carboxylic acids is 1. The van der Waals surface area contributed by atoms with Crippen LogP contribution in [-0.2, 0) is 9.59 Å². The number of hydrogen-bond donors (Lipinski definition) is 1. The molecule has 0 saturated carbocycles. The Morgan fingerprint density at radius 2 is 1.95 bits per heavy atom. The van der Waals surface area contributed by atoms with Gasteiger partial charge in [-0.3, -0.25) is 9.59 Å². The Balaban J connectivity index is 1.95. The van der Waals surface area contributed by atoms with Crippen molar-refractivity contribution >= 4 is 27.8 Å². The van der Waals surface area contributed by atoms with Crippen molar-refractivity contribution in [3.05, 3.63) is 34.3 Å². The van der Waals surface area contributed by atoms with Gasteiger partial charge < -0.3 is 10.0 Å². The molecule has 1 aliphatic rings. The average molecular weight is 354 g/mol. The number of carboxylic acid groups (broad SMARTS) is 1. The minimum absolute atomic E-state index is 0.0226. The number of carboxylic acids is 1. The van der Waals surface area contributed by atoms with Crippen LogP contribution in [0.5, 0.6) is 0 Å². The molecule has 2 rings (SSSR count). The summed E-state index contributed by atoms with van der Waals surface area (Å²) in [6, 6.07) is 7.95. The van der Waals surface area contributed by atoms with Crippen LogP contribution in [0.3, 0.4) is 0 Å². The van der Waals surface area contributed by atoms with Gasteiger partial charge in [0, 0.05) is 24.0 Å². The zero-order valence-corrected chi connectivity index (χ0v) is 13.8. The van der Waals surface area contributed by atoms with Gasteiger partial charge in [0.15, 0.2) is 0 Å². The summed E-state index contributed by atoms with van der Waals surface area (Å²) in [6.45, 7) is 4.80. The smallest absolute Gasteiger partial charge is 0.308 e. The van der Waals surface area contributed by atoms with Crippen LogP contribution in [-0.4, -0.2) is 35.0 Å². The number of carbonyl (C=O) groups is 2. The molecule has 3 atom stereocenters. The zero-order valence-electron chi connectivity index (χ0n) is 12.3. The van der Waals surface area contributed by atoms with Crippen molar-refractivity contribution in [2.75, 3.05) is 13.1 Å². The monoisotopic (exact) mass is 353 g/mol. The van der Waals surface area contributed by atoms with Crippen LogP contribution in [0.4, 0.5) is 0 Å². The summed E-state index contributed by atoms with van der Waals surface area (Å²) in [5.74, 6) is -1.05. The predicted molar refractivity (Wildman–Crippen MR) is 84.0 cm³/mol. The second-order valence-electron chi connectivity index (χ2n) is 5.88. The van der Waals surface area contributed by atoms with Gasteiger partial charge in [-0.25, -0.2) is 0 Å². The fraction of sp³-hybridized carbons (Fsp3) is 0.500. The second kappa shape index (κ2) is 6.60. The molecule has 114 valence electrons. The lowest BCUT2D eigenvalue weighted by Gasteiger charge is -2.19. The Kier molecular flexibility index (Phi) is 5.04. The highest BCUT2D eigenvalue weighted by molar-refractivity contribution is 9.10. The maximum absolute atomic E-state index is 12.3. The molecule has 1 heterocycles. The largest absolute Gasteiger partial charge is 0.481 e. The molecule has 1 saturated heterocycles. The topological polar surface area (TPSA) is 57.6 Å². The summed E-state index contributed by atoms with van der Waals surface area (Å²) in [7, 11) is 0. The van der Waals surface area contributed by atoms with Gasteiger partial charge in [-0.15, -0.1) is 0 Å². The Hall–Kier alpha value is -1.36. The molecule has 4 nitrogen and oxygen atoms in total. The Labute approximate surface area is 133 Å². The van der Waals surface area contributed by atoms with Crippen molar-refractivity contribution < 1.29 is 14.7 Å². The Morgan fingerprint density at radius 3 is 2.48 bits per heavy atom.